The zero-order valence-corrected chi connectivity index (χ0v) is 17.9. The lowest BCUT2D eigenvalue weighted by Gasteiger charge is -2.11. The molecule has 0 saturated heterocycles. The summed E-state index contributed by atoms with van der Waals surface area (Å²) in [5, 5.41) is 5.84. The lowest BCUT2D eigenvalue weighted by Crippen LogP contribution is -2.33. The smallest absolute Gasteiger partial charge is 0.251 e. The molecule has 0 fully saturated rings. The normalized spacial score (nSPS) is 10.5. The Morgan fingerprint density at radius 1 is 1.03 bits per heavy atom. The zero-order chi connectivity index (χ0) is 21.9. The summed E-state index contributed by atoms with van der Waals surface area (Å²) < 4.78 is 15.8. The Balaban J connectivity index is 1.82. The van der Waals surface area contributed by atoms with Crippen LogP contribution in [0.4, 0.5) is 0 Å². The van der Waals surface area contributed by atoms with Gasteiger partial charge < -0.3 is 24.8 Å². The van der Waals surface area contributed by atoms with Crippen LogP contribution in [0.15, 0.2) is 42.5 Å². The van der Waals surface area contributed by atoms with Crippen LogP contribution >= 0.6 is 11.6 Å². The van der Waals surface area contributed by atoms with Crippen LogP contribution in [0, 0.1) is 0 Å². The lowest BCUT2D eigenvalue weighted by atomic mass is 10.2. The molecule has 0 aliphatic heterocycles. The molecule has 30 heavy (non-hydrogen) atoms. The fraction of sp³-hybridized carbons (Fsp3) is 0.273. The highest BCUT2D eigenvalue weighted by molar-refractivity contribution is 6.32. The first-order chi connectivity index (χ1) is 14.5. The Kier molecular flexibility index (Phi) is 9.03. The van der Waals surface area contributed by atoms with Crippen molar-refractivity contribution in [3.8, 4) is 17.2 Å². The first-order valence-corrected chi connectivity index (χ1v) is 9.74. The van der Waals surface area contributed by atoms with Crippen LogP contribution in [0.3, 0.4) is 0 Å². The van der Waals surface area contributed by atoms with Crippen LogP contribution in [0.2, 0.25) is 5.02 Å². The molecular formula is C22H25ClN2O5. The zero-order valence-electron chi connectivity index (χ0n) is 17.2. The molecule has 0 unspecified atom stereocenters. The minimum absolute atomic E-state index is 0.223. The number of halogens is 1. The van der Waals surface area contributed by atoms with E-state index in [-0.39, 0.29) is 11.8 Å². The Labute approximate surface area is 181 Å². The summed E-state index contributed by atoms with van der Waals surface area (Å²) in [7, 11) is 3.08. The summed E-state index contributed by atoms with van der Waals surface area (Å²) in [5.74, 6) is 1.12. The topological polar surface area (TPSA) is 85.9 Å². The fourth-order valence-electron chi connectivity index (χ4n) is 2.58. The number of carbonyl (C=O) groups is 2. The summed E-state index contributed by atoms with van der Waals surface area (Å²) in [6.07, 6.45) is 3.01. The molecule has 0 heterocycles. The minimum Gasteiger partial charge on any atom is -0.497 e. The van der Waals surface area contributed by atoms with E-state index in [1.165, 1.54) is 13.2 Å². The molecular weight excluding hydrogens is 408 g/mol. The van der Waals surface area contributed by atoms with Gasteiger partial charge in [0.15, 0.2) is 11.5 Å². The van der Waals surface area contributed by atoms with Gasteiger partial charge in [-0.15, -0.1) is 0 Å². The fourth-order valence-corrected chi connectivity index (χ4v) is 2.88. The number of amides is 2. The lowest BCUT2D eigenvalue weighted by molar-refractivity contribution is -0.116. The molecule has 8 heteroatoms. The van der Waals surface area contributed by atoms with Gasteiger partial charge in [0, 0.05) is 24.7 Å². The summed E-state index contributed by atoms with van der Waals surface area (Å²) in [5.41, 5.74) is 1.22. The van der Waals surface area contributed by atoms with E-state index in [0.29, 0.717) is 53.1 Å². The van der Waals surface area contributed by atoms with E-state index in [4.69, 9.17) is 25.8 Å². The Bertz CT molecular complexity index is 897. The molecule has 0 spiro atoms. The molecule has 0 atom stereocenters. The van der Waals surface area contributed by atoms with Gasteiger partial charge in [-0.1, -0.05) is 11.6 Å². The Morgan fingerprint density at radius 3 is 2.37 bits per heavy atom. The van der Waals surface area contributed by atoms with Crippen LogP contribution in [0.5, 0.6) is 17.2 Å². The molecule has 2 rings (SSSR count). The molecule has 160 valence electrons. The molecule has 0 aliphatic rings. The van der Waals surface area contributed by atoms with E-state index in [9.17, 15) is 9.59 Å². The second-order valence-electron chi connectivity index (χ2n) is 6.08. The van der Waals surface area contributed by atoms with Crippen molar-refractivity contribution in [2.24, 2.45) is 0 Å². The number of benzene rings is 2. The highest BCUT2D eigenvalue weighted by Gasteiger charge is 2.10. The van der Waals surface area contributed by atoms with Crippen LogP contribution in [-0.4, -0.2) is 45.7 Å². The van der Waals surface area contributed by atoms with E-state index >= 15 is 0 Å². The largest absolute Gasteiger partial charge is 0.497 e. The van der Waals surface area contributed by atoms with Gasteiger partial charge in [0.1, 0.15) is 5.75 Å². The van der Waals surface area contributed by atoms with E-state index in [2.05, 4.69) is 10.6 Å². The highest BCUT2D eigenvalue weighted by Crippen LogP contribution is 2.36. The van der Waals surface area contributed by atoms with Crippen molar-refractivity contribution in [1.29, 1.82) is 0 Å². The Morgan fingerprint density at radius 2 is 1.73 bits per heavy atom. The monoisotopic (exact) mass is 432 g/mol. The number of hydrogen-bond acceptors (Lipinski definition) is 5. The van der Waals surface area contributed by atoms with Gasteiger partial charge in [-0.25, -0.2) is 0 Å². The number of rotatable bonds is 10. The maximum Gasteiger partial charge on any atom is 0.251 e. The minimum atomic E-state index is -0.293. The molecule has 2 aromatic carbocycles. The van der Waals surface area contributed by atoms with Crippen molar-refractivity contribution in [3.05, 3.63) is 58.6 Å². The maximum absolute atomic E-state index is 12.1. The highest BCUT2D eigenvalue weighted by atomic mass is 35.5. The summed E-state index contributed by atoms with van der Waals surface area (Å²) in [6.45, 7) is 2.91. The molecule has 2 amide bonds. The van der Waals surface area contributed by atoms with Crippen molar-refractivity contribution in [2.75, 3.05) is 33.9 Å². The summed E-state index contributed by atoms with van der Waals surface area (Å²) in [6, 6.07) is 10.2. The third kappa shape index (κ3) is 6.70. The van der Waals surface area contributed by atoms with Gasteiger partial charge in [-0.2, -0.15) is 0 Å². The predicted octanol–water partition coefficient (Wildman–Crippen LogP) is 3.32. The van der Waals surface area contributed by atoms with Gasteiger partial charge >= 0.3 is 0 Å². The van der Waals surface area contributed by atoms with Crippen LogP contribution in [0.1, 0.15) is 22.8 Å². The molecule has 0 radical (unpaired) electrons. The number of hydrogen-bond donors (Lipinski definition) is 2. The van der Waals surface area contributed by atoms with Crippen molar-refractivity contribution in [3.63, 3.8) is 0 Å². The SMILES string of the molecule is CCOc1cc(C=CC(=O)NCCNC(=O)c2ccc(OC)cc2)cc(Cl)c1OC. The quantitative estimate of drug-likeness (QED) is 0.444. The molecule has 2 N–H and O–H groups in total. The summed E-state index contributed by atoms with van der Waals surface area (Å²) in [4.78, 5) is 24.1. The molecule has 2 aromatic rings. The van der Waals surface area contributed by atoms with Crippen LogP contribution in [-0.2, 0) is 4.79 Å². The van der Waals surface area contributed by atoms with E-state index in [0.717, 1.165) is 0 Å². The maximum atomic E-state index is 12.1. The van der Waals surface area contributed by atoms with E-state index in [1.807, 2.05) is 6.92 Å². The first-order valence-electron chi connectivity index (χ1n) is 9.37. The average molecular weight is 433 g/mol. The van der Waals surface area contributed by atoms with Gasteiger partial charge in [-0.3, -0.25) is 9.59 Å². The van der Waals surface area contributed by atoms with E-state index < -0.39 is 0 Å². The van der Waals surface area contributed by atoms with E-state index in [1.54, 1.807) is 49.6 Å². The number of nitrogens with one attached hydrogen (secondary N) is 2. The molecule has 0 bridgehead atoms. The second kappa shape index (κ2) is 11.7. The molecule has 7 nitrogen and oxygen atoms in total. The number of methoxy groups -OCH3 is 2. The van der Waals surface area contributed by atoms with Crippen LogP contribution < -0.4 is 24.8 Å². The molecule has 0 aromatic heterocycles. The number of ether oxygens (including phenoxy) is 3. The third-order valence-corrected chi connectivity index (χ3v) is 4.31. The average Bonchev–Trinajstić information content (AvgIpc) is 2.75. The van der Waals surface area contributed by atoms with Gasteiger partial charge in [0.05, 0.1) is 25.8 Å². The van der Waals surface area contributed by atoms with Crippen LogP contribution in [0.25, 0.3) is 6.08 Å². The first kappa shape index (κ1) is 23.1. The third-order valence-electron chi connectivity index (χ3n) is 4.02. The van der Waals surface area contributed by atoms with Crippen molar-refractivity contribution < 1.29 is 23.8 Å². The predicted molar refractivity (Wildman–Crippen MR) is 117 cm³/mol. The van der Waals surface area contributed by atoms with Gasteiger partial charge in [0.2, 0.25) is 5.91 Å². The van der Waals surface area contributed by atoms with Crippen molar-refractivity contribution in [1.82, 2.24) is 10.6 Å². The van der Waals surface area contributed by atoms with Crippen molar-refractivity contribution >= 4 is 29.5 Å². The number of carbonyl (C=O) groups excluding carboxylic acids is 2. The van der Waals surface area contributed by atoms with Gasteiger partial charge in [-0.05, 0) is 55.0 Å². The Hall–Kier alpha value is -3.19. The van der Waals surface area contributed by atoms with Gasteiger partial charge in [0.25, 0.3) is 5.91 Å². The summed E-state index contributed by atoms with van der Waals surface area (Å²) >= 11 is 6.20. The van der Waals surface area contributed by atoms with Crippen molar-refractivity contribution in [2.45, 2.75) is 6.92 Å². The molecule has 0 aliphatic carbocycles. The standard InChI is InChI=1S/C22H25ClN2O5/c1-4-30-19-14-15(13-18(23)21(19)29-3)5-10-20(26)24-11-12-25-22(27)16-6-8-17(28-2)9-7-16/h5-10,13-14H,4,11-12H2,1-3H3,(H,24,26)(H,25,27). The second-order valence-corrected chi connectivity index (χ2v) is 6.48. The molecule has 0 saturated carbocycles.